The first kappa shape index (κ1) is 13.5. The van der Waals surface area contributed by atoms with E-state index >= 15 is 0 Å². The van der Waals surface area contributed by atoms with Crippen LogP contribution in [0.5, 0.6) is 0 Å². The van der Waals surface area contributed by atoms with Crippen molar-refractivity contribution >= 4 is 27.6 Å². The number of benzene rings is 1. The Bertz CT molecular complexity index is 570. The second-order valence-electron chi connectivity index (χ2n) is 3.86. The summed E-state index contributed by atoms with van der Waals surface area (Å²) in [4.78, 5) is 15.5. The number of methoxy groups -OCH3 is 1. The van der Waals surface area contributed by atoms with Gasteiger partial charge in [0.1, 0.15) is 0 Å². The molecule has 0 aliphatic heterocycles. The second-order valence-corrected chi connectivity index (χ2v) is 4.72. The monoisotopic (exact) mass is 320 g/mol. The maximum absolute atomic E-state index is 11.3. The smallest absolute Gasteiger partial charge is 0.339 e. The molecule has 0 spiro atoms. The van der Waals surface area contributed by atoms with Crippen LogP contribution in [0.15, 0.2) is 47.1 Å². The minimum atomic E-state index is -0.377. The molecule has 1 aromatic heterocycles. The molecule has 0 bridgehead atoms. The number of nitrogens with one attached hydrogen (secondary N) is 1. The lowest BCUT2D eigenvalue weighted by Gasteiger charge is -2.08. The van der Waals surface area contributed by atoms with Crippen molar-refractivity contribution < 1.29 is 9.53 Å². The largest absolute Gasteiger partial charge is 0.465 e. The lowest BCUT2D eigenvalue weighted by atomic mass is 10.2. The van der Waals surface area contributed by atoms with E-state index in [2.05, 4.69) is 31.0 Å². The summed E-state index contributed by atoms with van der Waals surface area (Å²) in [5.74, 6) is -0.377. The van der Waals surface area contributed by atoms with Gasteiger partial charge in [-0.05, 0) is 40.2 Å². The SMILES string of the molecule is COC(=O)c1ccc(CNc2ccccc2Br)nc1. The van der Waals surface area contributed by atoms with E-state index in [0.29, 0.717) is 12.1 Å². The number of carbonyl (C=O) groups excluding carboxylic acids is 1. The molecule has 1 heterocycles. The standard InChI is InChI=1S/C14H13BrN2O2/c1-19-14(18)10-6-7-11(16-8-10)9-17-13-5-3-2-4-12(13)15/h2-8,17H,9H2,1H3. The minimum Gasteiger partial charge on any atom is -0.465 e. The van der Waals surface area contributed by atoms with Crippen LogP contribution in [0.3, 0.4) is 0 Å². The summed E-state index contributed by atoms with van der Waals surface area (Å²) in [7, 11) is 1.35. The molecule has 0 aliphatic carbocycles. The van der Waals surface area contributed by atoms with Crippen LogP contribution < -0.4 is 5.32 Å². The van der Waals surface area contributed by atoms with Gasteiger partial charge in [0.05, 0.1) is 24.9 Å². The zero-order valence-corrected chi connectivity index (χ0v) is 12.0. The molecule has 0 radical (unpaired) electrons. The topological polar surface area (TPSA) is 51.2 Å². The van der Waals surface area contributed by atoms with E-state index in [1.165, 1.54) is 13.3 Å². The molecule has 2 aromatic rings. The van der Waals surface area contributed by atoms with E-state index in [9.17, 15) is 4.79 Å². The van der Waals surface area contributed by atoms with Crippen LogP contribution in [-0.4, -0.2) is 18.1 Å². The number of esters is 1. The van der Waals surface area contributed by atoms with Gasteiger partial charge in [0, 0.05) is 16.4 Å². The molecule has 0 saturated heterocycles. The van der Waals surface area contributed by atoms with Gasteiger partial charge >= 0.3 is 5.97 Å². The number of para-hydroxylation sites is 1. The number of ether oxygens (including phenoxy) is 1. The Labute approximate surface area is 119 Å². The lowest BCUT2D eigenvalue weighted by molar-refractivity contribution is 0.0600. The Morgan fingerprint density at radius 1 is 1.32 bits per heavy atom. The van der Waals surface area contributed by atoms with E-state index in [-0.39, 0.29) is 5.97 Å². The predicted molar refractivity (Wildman–Crippen MR) is 77.0 cm³/mol. The summed E-state index contributed by atoms with van der Waals surface area (Å²) >= 11 is 3.47. The number of rotatable bonds is 4. The van der Waals surface area contributed by atoms with Crippen molar-refractivity contribution in [3.63, 3.8) is 0 Å². The third-order valence-electron chi connectivity index (χ3n) is 2.58. The van der Waals surface area contributed by atoms with Gasteiger partial charge in [-0.1, -0.05) is 12.1 Å². The highest BCUT2D eigenvalue weighted by molar-refractivity contribution is 9.10. The number of aromatic nitrogens is 1. The number of hydrogen-bond donors (Lipinski definition) is 1. The molecule has 0 fully saturated rings. The minimum absolute atomic E-state index is 0.377. The van der Waals surface area contributed by atoms with Crippen LogP contribution in [0.4, 0.5) is 5.69 Å². The van der Waals surface area contributed by atoms with Gasteiger partial charge in [0.25, 0.3) is 0 Å². The number of halogens is 1. The van der Waals surface area contributed by atoms with E-state index in [1.54, 1.807) is 12.1 Å². The Morgan fingerprint density at radius 3 is 2.74 bits per heavy atom. The molecular weight excluding hydrogens is 308 g/mol. The van der Waals surface area contributed by atoms with Crippen molar-refractivity contribution in [1.29, 1.82) is 0 Å². The third-order valence-corrected chi connectivity index (χ3v) is 3.27. The fourth-order valence-corrected chi connectivity index (χ4v) is 1.98. The molecule has 1 aromatic carbocycles. The van der Waals surface area contributed by atoms with Crippen LogP contribution in [-0.2, 0) is 11.3 Å². The molecule has 98 valence electrons. The molecule has 0 atom stereocenters. The number of hydrogen-bond acceptors (Lipinski definition) is 4. The van der Waals surface area contributed by atoms with Crippen molar-refractivity contribution in [3.05, 3.63) is 58.3 Å². The fraction of sp³-hybridized carbons (Fsp3) is 0.143. The molecule has 19 heavy (non-hydrogen) atoms. The number of anilines is 1. The van der Waals surface area contributed by atoms with Crippen LogP contribution in [0.2, 0.25) is 0 Å². The van der Waals surface area contributed by atoms with Gasteiger partial charge in [-0.2, -0.15) is 0 Å². The molecule has 1 N–H and O–H groups in total. The molecule has 5 heteroatoms. The molecular formula is C14H13BrN2O2. The average Bonchev–Trinajstić information content (AvgIpc) is 2.46. The lowest BCUT2D eigenvalue weighted by Crippen LogP contribution is -2.05. The number of carbonyl (C=O) groups is 1. The van der Waals surface area contributed by atoms with Crippen LogP contribution in [0.25, 0.3) is 0 Å². The van der Waals surface area contributed by atoms with E-state index in [1.807, 2.05) is 24.3 Å². The van der Waals surface area contributed by atoms with Crippen molar-refractivity contribution in [2.45, 2.75) is 6.54 Å². The van der Waals surface area contributed by atoms with Crippen molar-refractivity contribution in [2.75, 3.05) is 12.4 Å². The molecule has 0 unspecified atom stereocenters. The van der Waals surface area contributed by atoms with Crippen molar-refractivity contribution in [2.24, 2.45) is 0 Å². The molecule has 2 rings (SSSR count). The van der Waals surface area contributed by atoms with Gasteiger partial charge in [-0.25, -0.2) is 4.79 Å². The highest BCUT2D eigenvalue weighted by Gasteiger charge is 2.05. The first-order valence-corrected chi connectivity index (χ1v) is 6.51. The van der Waals surface area contributed by atoms with E-state index < -0.39 is 0 Å². The van der Waals surface area contributed by atoms with Crippen LogP contribution >= 0.6 is 15.9 Å². The highest BCUT2D eigenvalue weighted by atomic mass is 79.9. The zero-order chi connectivity index (χ0) is 13.7. The summed E-state index contributed by atoms with van der Waals surface area (Å²) in [5, 5.41) is 3.27. The van der Waals surface area contributed by atoms with Gasteiger partial charge in [-0.3, -0.25) is 4.98 Å². The normalized spacial score (nSPS) is 10.0. The van der Waals surface area contributed by atoms with Crippen LogP contribution in [0.1, 0.15) is 16.1 Å². The quantitative estimate of drug-likeness (QED) is 0.879. The maximum atomic E-state index is 11.3. The summed E-state index contributed by atoms with van der Waals surface area (Å²) in [6.07, 6.45) is 1.52. The van der Waals surface area contributed by atoms with Gasteiger partial charge in [0.2, 0.25) is 0 Å². The summed E-state index contributed by atoms with van der Waals surface area (Å²) in [6.45, 7) is 0.587. The van der Waals surface area contributed by atoms with Crippen molar-refractivity contribution in [3.8, 4) is 0 Å². The first-order chi connectivity index (χ1) is 9.20. The highest BCUT2D eigenvalue weighted by Crippen LogP contribution is 2.21. The molecule has 0 saturated carbocycles. The summed E-state index contributed by atoms with van der Waals surface area (Å²) in [6, 6.07) is 11.4. The third kappa shape index (κ3) is 3.54. The first-order valence-electron chi connectivity index (χ1n) is 5.72. The Hall–Kier alpha value is -1.88. The number of nitrogens with zero attached hydrogens (tertiary/aromatic N) is 1. The molecule has 0 aliphatic rings. The Morgan fingerprint density at radius 2 is 2.11 bits per heavy atom. The predicted octanol–water partition coefficient (Wildman–Crippen LogP) is 3.24. The zero-order valence-electron chi connectivity index (χ0n) is 10.4. The summed E-state index contributed by atoms with van der Waals surface area (Å²) < 4.78 is 5.62. The molecule has 4 nitrogen and oxygen atoms in total. The van der Waals surface area contributed by atoms with Gasteiger partial charge in [-0.15, -0.1) is 0 Å². The van der Waals surface area contributed by atoms with Crippen LogP contribution in [0, 0.1) is 0 Å². The van der Waals surface area contributed by atoms with E-state index in [0.717, 1.165) is 15.9 Å². The second kappa shape index (κ2) is 6.33. The average molecular weight is 321 g/mol. The van der Waals surface area contributed by atoms with E-state index in [4.69, 9.17) is 0 Å². The fourth-order valence-electron chi connectivity index (χ4n) is 1.56. The number of pyridine rings is 1. The maximum Gasteiger partial charge on any atom is 0.339 e. The summed E-state index contributed by atoms with van der Waals surface area (Å²) in [5.41, 5.74) is 2.30. The van der Waals surface area contributed by atoms with Gasteiger partial charge in [0.15, 0.2) is 0 Å². The Balaban J connectivity index is 2.01. The molecule has 0 amide bonds. The van der Waals surface area contributed by atoms with Gasteiger partial charge < -0.3 is 10.1 Å². The van der Waals surface area contributed by atoms with Crippen molar-refractivity contribution in [1.82, 2.24) is 4.98 Å². The Kier molecular flexibility index (Phi) is 4.52.